The first-order chi connectivity index (χ1) is 9.77. The van der Waals surface area contributed by atoms with Crippen LogP contribution >= 0.6 is 15.9 Å². The summed E-state index contributed by atoms with van der Waals surface area (Å²) in [6, 6.07) is 5.24. The van der Waals surface area contributed by atoms with Crippen LogP contribution in [0.4, 0.5) is 13.2 Å². The maximum atomic E-state index is 12.6. The van der Waals surface area contributed by atoms with Gasteiger partial charge in [0, 0.05) is 16.1 Å². The molecule has 1 aliphatic carbocycles. The van der Waals surface area contributed by atoms with E-state index in [1.807, 2.05) is 19.1 Å². The molecule has 0 heterocycles. The average molecular weight is 364 g/mol. The van der Waals surface area contributed by atoms with Crippen molar-refractivity contribution in [2.75, 3.05) is 0 Å². The van der Waals surface area contributed by atoms with Gasteiger partial charge in [-0.3, -0.25) is 4.79 Å². The summed E-state index contributed by atoms with van der Waals surface area (Å²) in [6.07, 6.45) is -3.18. The van der Waals surface area contributed by atoms with Crippen molar-refractivity contribution >= 4 is 21.8 Å². The third-order valence-corrected chi connectivity index (χ3v) is 4.46. The highest BCUT2D eigenvalue weighted by molar-refractivity contribution is 9.10. The van der Waals surface area contributed by atoms with Crippen molar-refractivity contribution in [1.82, 2.24) is 5.32 Å². The fourth-order valence-electron chi connectivity index (χ4n) is 2.67. The van der Waals surface area contributed by atoms with E-state index in [0.717, 1.165) is 10.0 Å². The van der Waals surface area contributed by atoms with Gasteiger partial charge in [-0.25, -0.2) is 0 Å². The zero-order chi connectivity index (χ0) is 15.6. The van der Waals surface area contributed by atoms with Gasteiger partial charge in [0.1, 0.15) is 0 Å². The zero-order valence-electron chi connectivity index (χ0n) is 11.6. The molecule has 21 heavy (non-hydrogen) atoms. The molecule has 0 aromatic heterocycles. The average Bonchev–Trinajstić information content (AvgIpc) is 2.41. The van der Waals surface area contributed by atoms with Gasteiger partial charge < -0.3 is 5.32 Å². The Kier molecular flexibility index (Phi) is 4.96. The molecule has 0 atom stereocenters. The van der Waals surface area contributed by atoms with E-state index >= 15 is 0 Å². The number of carbonyl (C=O) groups is 1. The highest BCUT2D eigenvalue weighted by atomic mass is 79.9. The predicted octanol–water partition coefficient (Wildman–Crippen LogP) is 4.61. The van der Waals surface area contributed by atoms with Gasteiger partial charge >= 0.3 is 6.18 Å². The van der Waals surface area contributed by atoms with Gasteiger partial charge in [-0.15, -0.1) is 0 Å². The Bertz CT molecular complexity index is 522. The van der Waals surface area contributed by atoms with Crippen molar-refractivity contribution in [3.8, 4) is 0 Å². The molecule has 1 amide bonds. The number of hydrogen-bond donors (Lipinski definition) is 1. The third-order valence-electron chi connectivity index (χ3n) is 3.97. The summed E-state index contributed by atoms with van der Waals surface area (Å²) >= 11 is 3.31. The van der Waals surface area contributed by atoms with Crippen molar-refractivity contribution in [2.24, 2.45) is 5.92 Å². The second-order valence-electron chi connectivity index (χ2n) is 5.52. The van der Waals surface area contributed by atoms with E-state index < -0.39 is 12.1 Å². The minimum atomic E-state index is -4.12. The first-order valence-electron chi connectivity index (χ1n) is 6.91. The van der Waals surface area contributed by atoms with Crippen LogP contribution in [-0.4, -0.2) is 18.1 Å². The highest BCUT2D eigenvalue weighted by Crippen LogP contribution is 2.37. The molecule has 1 saturated carbocycles. The second-order valence-corrected chi connectivity index (χ2v) is 6.44. The van der Waals surface area contributed by atoms with Crippen LogP contribution < -0.4 is 5.32 Å². The molecule has 1 N–H and O–H groups in total. The van der Waals surface area contributed by atoms with E-state index in [9.17, 15) is 18.0 Å². The third kappa shape index (κ3) is 4.22. The van der Waals surface area contributed by atoms with E-state index in [4.69, 9.17) is 0 Å². The lowest BCUT2D eigenvalue weighted by atomic mass is 9.85. The van der Waals surface area contributed by atoms with Crippen LogP contribution in [0, 0.1) is 12.8 Å². The number of benzene rings is 1. The summed E-state index contributed by atoms with van der Waals surface area (Å²) in [6.45, 7) is 1.84. The molecular formula is C15H17BrF3NO. The van der Waals surface area contributed by atoms with Crippen LogP contribution in [0.3, 0.4) is 0 Å². The molecule has 116 valence electrons. The first kappa shape index (κ1) is 16.3. The van der Waals surface area contributed by atoms with Crippen molar-refractivity contribution in [2.45, 2.75) is 44.8 Å². The number of alkyl halides is 3. The number of amides is 1. The number of nitrogens with one attached hydrogen (secondary N) is 1. The predicted molar refractivity (Wildman–Crippen MR) is 78.1 cm³/mol. The van der Waals surface area contributed by atoms with Gasteiger partial charge in [-0.05, 0) is 50.3 Å². The summed E-state index contributed by atoms with van der Waals surface area (Å²) in [4.78, 5) is 12.2. The number of halogens is 4. The summed E-state index contributed by atoms with van der Waals surface area (Å²) in [5, 5.41) is 2.85. The quantitative estimate of drug-likeness (QED) is 0.816. The molecule has 2 nitrogen and oxygen atoms in total. The first-order valence-corrected chi connectivity index (χ1v) is 7.70. The SMILES string of the molecule is Cc1ccc(Br)cc1C(=O)NC1CCC(C(F)(F)F)CC1. The van der Waals surface area contributed by atoms with Crippen molar-refractivity contribution in [3.63, 3.8) is 0 Å². The molecular weight excluding hydrogens is 347 g/mol. The van der Waals surface area contributed by atoms with Gasteiger partial charge in [0.25, 0.3) is 5.91 Å². The molecule has 0 bridgehead atoms. The molecule has 1 aliphatic rings. The van der Waals surface area contributed by atoms with E-state index in [-0.39, 0.29) is 24.8 Å². The minimum Gasteiger partial charge on any atom is -0.349 e. The highest BCUT2D eigenvalue weighted by Gasteiger charge is 2.41. The standard InChI is InChI=1S/C15H17BrF3NO/c1-9-2-5-11(16)8-13(9)14(21)20-12-6-3-10(4-7-12)15(17,18)19/h2,5,8,10,12H,3-4,6-7H2,1H3,(H,20,21). The number of carbonyl (C=O) groups excluding carboxylic acids is 1. The Morgan fingerprint density at radius 3 is 2.43 bits per heavy atom. The fourth-order valence-corrected chi connectivity index (χ4v) is 3.03. The molecule has 0 aliphatic heterocycles. The normalized spacial score (nSPS) is 22.9. The lowest BCUT2D eigenvalue weighted by molar-refractivity contribution is -0.182. The number of rotatable bonds is 2. The number of hydrogen-bond acceptors (Lipinski definition) is 1. The van der Waals surface area contributed by atoms with Crippen LogP contribution in [0.5, 0.6) is 0 Å². The Morgan fingerprint density at radius 1 is 1.24 bits per heavy atom. The van der Waals surface area contributed by atoms with Crippen LogP contribution in [0.2, 0.25) is 0 Å². The molecule has 1 aromatic rings. The molecule has 0 unspecified atom stereocenters. The zero-order valence-corrected chi connectivity index (χ0v) is 13.2. The summed E-state index contributed by atoms with van der Waals surface area (Å²) in [5.74, 6) is -1.44. The fraction of sp³-hybridized carbons (Fsp3) is 0.533. The summed E-state index contributed by atoms with van der Waals surface area (Å²) < 4.78 is 38.6. The largest absolute Gasteiger partial charge is 0.391 e. The van der Waals surface area contributed by atoms with Crippen LogP contribution in [0.1, 0.15) is 41.6 Å². The molecule has 0 radical (unpaired) electrons. The van der Waals surface area contributed by atoms with Gasteiger partial charge in [0.05, 0.1) is 5.92 Å². The Morgan fingerprint density at radius 2 is 1.86 bits per heavy atom. The molecule has 0 saturated heterocycles. The van der Waals surface area contributed by atoms with Crippen molar-refractivity contribution in [1.29, 1.82) is 0 Å². The lowest BCUT2D eigenvalue weighted by Gasteiger charge is -2.30. The van der Waals surface area contributed by atoms with E-state index in [2.05, 4.69) is 21.2 Å². The minimum absolute atomic E-state index is 0.0892. The van der Waals surface area contributed by atoms with Crippen molar-refractivity contribution < 1.29 is 18.0 Å². The Hall–Kier alpha value is -1.04. The second kappa shape index (κ2) is 6.38. The van der Waals surface area contributed by atoms with E-state index in [0.29, 0.717) is 18.4 Å². The van der Waals surface area contributed by atoms with Crippen LogP contribution in [-0.2, 0) is 0 Å². The molecule has 1 aromatic carbocycles. The van der Waals surface area contributed by atoms with E-state index in [1.165, 1.54) is 0 Å². The Labute approximate surface area is 130 Å². The van der Waals surface area contributed by atoms with Gasteiger partial charge in [-0.2, -0.15) is 13.2 Å². The topological polar surface area (TPSA) is 29.1 Å². The monoisotopic (exact) mass is 363 g/mol. The molecule has 2 rings (SSSR count). The van der Waals surface area contributed by atoms with E-state index in [1.54, 1.807) is 6.07 Å². The summed E-state index contributed by atoms with van der Waals surface area (Å²) in [7, 11) is 0. The molecule has 1 fully saturated rings. The Balaban J connectivity index is 1.94. The summed E-state index contributed by atoms with van der Waals surface area (Å²) in [5.41, 5.74) is 1.40. The molecule has 0 spiro atoms. The maximum absolute atomic E-state index is 12.6. The smallest absolute Gasteiger partial charge is 0.349 e. The molecule has 6 heteroatoms. The number of aryl methyl sites for hydroxylation is 1. The van der Waals surface area contributed by atoms with Crippen LogP contribution in [0.25, 0.3) is 0 Å². The lowest BCUT2D eigenvalue weighted by Crippen LogP contribution is -2.40. The maximum Gasteiger partial charge on any atom is 0.391 e. The van der Waals surface area contributed by atoms with Crippen LogP contribution in [0.15, 0.2) is 22.7 Å². The van der Waals surface area contributed by atoms with Crippen molar-refractivity contribution in [3.05, 3.63) is 33.8 Å². The van der Waals surface area contributed by atoms with Gasteiger partial charge in [0.15, 0.2) is 0 Å². The van der Waals surface area contributed by atoms with Gasteiger partial charge in [-0.1, -0.05) is 22.0 Å². The van der Waals surface area contributed by atoms with Gasteiger partial charge in [0.2, 0.25) is 0 Å².